The van der Waals surface area contributed by atoms with Crippen LogP contribution in [0.3, 0.4) is 0 Å². The van der Waals surface area contributed by atoms with Crippen molar-refractivity contribution in [2.75, 3.05) is 13.2 Å². The molecule has 0 aromatic heterocycles. The number of ether oxygens (including phenoxy) is 1. The smallest absolute Gasteiger partial charge is 0.198 e. The van der Waals surface area contributed by atoms with Gasteiger partial charge in [0.15, 0.2) is 5.79 Å². The van der Waals surface area contributed by atoms with Gasteiger partial charge in [0.2, 0.25) is 0 Å². The first-order valence-electron chi connectivity index (χ1n) is 7.17. The van der Waals surface area contributed by atoms with E-state index in [2.05, 4.69) is 11.8 Å². The molecule has 4 nitrogen and oxygen atoms in total. The molecule has 2 N–H and O–H groups in total. The second-order valence-electron chi connectivity index (χ2n) is 6.25. The van der Waals surface area contributed by atoms with E-state index in [0.717, 1.165) is 12.8 Å². The number of aliphatic hydroxyl groups excluding tert-OH is 1. The molecule has 4 unspecified atom stereocenters. The summed E-state index contributed by atoms with van der Waals surface area (Å²) in [4.78, 5) is 4.52. The van der Waals surface area contributed by atoms with Crippen molar-refractivity contribution >= 4 is 0 Å². The maximum Gasteiger partial charge on any atom is 0.198 e. The fourth-order valence-corrected chi connectivity index (χ4v) is 3.72. The molecule has 0 aromatic carbocycles. The molecule has 0 radical (unpaired) electrons. The van der Waals surface area contributed by atoms with Crippen LogP contribution in [0.15, 0.2) is 0 Å². The highest BCUT2D eigenvalue weighted by Crippen LogP contribution is 2.44. The highest BCUT2D eigenvalue weighted by molar-refractivity contribution is 4.87. The van der Waals surface area contributed by atoms with Gasteiger partial charge in [-0.15, -0.1) is 0 Å². The normalized spacial score (nSPS) is 43.0. The first-order chi connectivity index (χ1) is 8.59. The summed E-state index contributed by atoms with van der Waals surface area (Å²) in [6.07, 6.45) is 5.45. The molecule has 1 saturated heterocycles. The third-order valence-electron chi connectivity index (χ3n) is 5.03. The zero-order chi connectivity index (χ0) is 13.2. The van der Waals surface area contributed by atoms with E-state index >= 15 is 0 Å². The minimum Gasteiger partial charge on any atom is -0.396 e. The number of hydrogen-bond donors (Lipinski definition) is 2. The first kappa shape index (κ1) is 14.3. The molecule has 0 amide bonds. The van der Waals surface area contributed by atoms with Crippen molar-refractivity contribution in [1.29, 1.82) is 0 Å². The Morgan fingerprint density at radius 3 is 2.83 bits per heavy atom. The summed E-state index contributed by atoms with van der Waals surface area (Å²) in [6, 6.07) is 0. The predicted molar refractivity (Wildman–Crippen MR) is 67.9 cm³/mol. The molecule has 0 bridgehead atoms. The van der Waals surface area contributed by atoms with Gasteiger partial charge in [-0.1, -0.05) is 19.8 Å². The van der Waals surface area contributed by atoms with E-state index in [4.69, 9.17) is 9.99 Å². The quantitative estimate of drug-likeness (QED) is 0.603. The van der Waals surface area contributed by atoms with Crippen molar-refractivity contribution in [2.45, 2.75) is 51.7 Å². The van der Waals surface area contributed by atoms with E-state index in [1.165, 1.54) is 19.3 Å². The fourth-order valence-electron chi connectivity index (χ4n) is 3.72. The Kier molecular flexibility index (Phi) is 4.64. The van der Waals surface area contributed by atoms with E-state index in [1.807, 2.05) is 0 Å². The monoisotopic (exact) mass is 258 g/mol. The zero-order valence-electron chi connectivity index (χ0n) is 11.5. The van der Waals surface area contributed by atoms with Gasteiger partial charge >= 0.3 is 0 Å². The van der Waals surface area contributed by atoms with E-state index in [1.54, 1.807) is 6.92 Å². The summed E-state index contributed by atoms with van der Waals surface area (Å²) < 4.78 is 5.78. The molecule has 2 fully saturated rings. The molecule has 2 aliphatic rings. The van der Waals surface area contributed by atoms with Gasteiger partial charge in [-0.25, -0.2) is 10.1 Å². The molecule has 2 rings (SSSR count). The van der Waals surface area contributed by atoms with Crippen LogP contribution < -0.4 is 0 Å². The standard InChI is InChI=1S/C14H26O4/c1-10(8-15)12-5-3-4-11-6-7-14(2,18-16)17-9-13(11)12/h10-13,15-16H,3-9H2,1-2H3/t10-,11?,12?,13?,14?/m0/s1. The highest BCUT2D eigenvalue weighted by atomic mass is 17.1. The average molecular weight is 258 g/mol. The predicted octanol–water partition coefficient (Wildman–Crippen LogP) is 2.66. The topological polar surface area (TPSA) is 58.9 Å². The van der Waals surface area contributed by atoms with E-state index in [9.17, 15) is 5.11 Å². The summed E-state index contributed by atoms with van der Waals surface area (Å²) >= 11 is 0. The lowest BCUT2D eigenvalue weighted by Crippen LogP contribution is -2.36. The molecule has 1 heterocycles. The summed E-state index contributed by atoms with van der Waals surface area (Å²) in [5.41, 5.74) is 0. The van der Waals surface area contributed by atoms with Crippen LogP contribution in [0.2, 0.25) is 0 Å². The van der Waals surface area contributed by atoms with Crippen LogP contribution in [-0.4, -0.2) is 29.4 Å². The summed E-state index contributed by atoms with van der Waals surface area (Å²) in [6.45, 7) is 4.81. The largest absolute Gasteiger partial charge is 0.396 e. The van der Waals surface area contributed by atoms with Gasteiger partial charge in [0.05, 0.1) is 6.61 Å². The van der Waals surface area contributed by atoms with Gasteiger partial charge in [-0.3, -0.25) is 0 Å². The highest BCUT2D eigenvalue weighted by Gasteiger charge is 2.41. The van der Waals surface area contributed by atoms with Gasteiger partial charge in [0, 0.05) is 13.0 Å². The van der Waals surface area contributed by atoms with Crippen LogP contribution in [0.4, 0.5) is 0 Å². The van der Waals surface area contributed by atoms with Crippen LogP contribution in [0.25, 0.3) is 0 Å². The van der Waals surface area contributed by atoms with Crippen molar-refractivity contribution in [3.05, 3.63) is 0 Å². The van der Waals surface area contributed by atoms with Crippen molar-refractivity contribution in [3.8, 4) is 0 Å². The molecule has 18 heavy (non-hydrogen) atoms. The fraction of sp³-hybridized carbons (Fsp3) is 1.00. The van der Waals surface area contributed by atoms with Gasteiger partial charge in [-0.2, -0.15) is 0 Å². The van der Waals surface area contributed by atoms with E-state index < -0.39 is 5.79 Å². The van der Waals surface area contributed by atoms with E-state index in [0.29, 0.717) is 30.3 Å². The summed E-state index contributed by atoms with van der Waals surface area (Å²) in [5.74, 6) is 1.17. The summed E-state index contributed by atoms with van der Waals surface area (Å²) in [5, 5.41) is 18.4. The lowest BCUT2D eigenvalue weighted by atomic mass is 9.67. The third-order valence-corrected chi connectivity index (χ3v) is 5.03. The Labute approximate surface area is 109 Å². The number of hydrogen-bond acceptors (Lipinski definition) is 4. The lowest BCUT2D eigenvalue weighted by Gasteiger charge is -2.39. The second kappa shape index (κ2) is 5.87. The molecule has 5 atom stereocenters. The van der Waals surface area contributed by atoms with Crippen LogP contribution in [0, 0.1) is 23.7 Å². The lowest BCUT2D eigenvalue weighted by molar-refractivity contribution is -0.399. The maximum atomic E-state index is 9.39. The van der Waals surface area contributed by atoms with Gasteiger partial charge in [0.25, 0.3) is 0 Å². The number of fused-ring (bicyclic) bond motifs is 1. The van der Waals surface area contributed by atoms with Crippen LogP contribution in [0.1, 0.15) is 46.0 Å². The SMILES string of the molecule is C[C@@H](CO)C1CCCC2CCC(C)(OO)OCC21. The molecule has 1 saturated carbocycles. The Balaban J connectivity index is 2.07. The maximum absolute atomic E-state index is 9.39. The molecule has 0 spiro atoms. The van der Waals surface area contributed by atoms with Crippen LogP contribution in [-0.2, 0) is 9.62 Å². The van der Waals surface area contributed by atoms with Crippen molar-refractivity contribution in [3.63, 3.8) is 0 Å². The Hall–Kier alpha value is -0.160. The molecule has 106 valence electrons. The first-order valence-corrected chi connectivity index (χ1v) is 7.17. The Morgan fingerprint density at radius 2 is 2.17 bits per heavy atom. The second-order valence-corrected chi connectivity index (χ2v) is 6.25. The average Bonchev–Trinajstić information content (AvgIpc) is 2.58. The van der Waals surface area contributed by atoms with E-state index in [-0.39, 0.29) is 6.61 Å². The molecular weight excluding hydrogens is 232 g/mol. The molecule has 1 aliphatic carbocycles. The summed E-state index contributed by atoms with van der Waals surface area (Å²) in [7, 11) is 0. The van der Waals surface area contributed by atoms with Crippen LogP contribution >= 0.6 is 0 Å². The van der Waals surface area contributed by atoms with Crippen molar-refractivity contribution in [1.82, 2.24) is 0 Å². The third kappa shape index (κ3) is 2.87. The van der Waals surface area contributed by atoms with Crippen molar-refractivity contribution < 1.29 is 20.0 Å². The minimum atomic E-state index is -0.843. The molecule has 1 aliphatic heterocycles. The van der Waals surface area contributed by atoms with Crippen molar-refractivity contribution in [2.24, 2.45) is 23.7 Å². The molecule has 4 heteroatoms. The number of aliphatic hydroxyl groups is 1. The Bertz CT molecular complexity index is 271. The van der Waals surface area contributed by atoms with Gasteiger partial charge < -0.3 is 9.84 Å². The Morgan fingerprint density at radius 1 is 1.39 bits per heavy atom. The minimum absolute atomic E-state index is 0.252. The number of rotatable bonds is 3. The van der Waals surface area contributed by atoms with Gasteiger partial charge in [0.1, 0.15) is 0 Å². The molecule has 0 aromatic rings. The van der Waals surface area contributed by atoms with Gasteiger partial charge in [-0.05, 0) is 43.4 Å². The molecular formula is C14H26O4. The zero-order valence-corrected chi connectivity index (χ0v) is 11.5. The van der Waals surface area contributed by atoms with Crippen LogP contribution in [0.5, 0.6) is 0 Å².